The highest BCUT2D eigenvalue weighted by Gasteiger charge is 2.34. The van der Waals surface area contributed by atoms with Crippen LogP contribution in [0.15, 0.2) is 24.4 Å². The number of carbonyl (C=O) groups excluding carboxylic acids is 2. The van der Waals surface area contributed by atoms with Crippen LogP contribution in [0.1, 0.15) is 21.7 Å². The lowest BCUT2D eigenvalue weighted by atomic mass is 9.98. The van der Waals surface area contributed by atoms with Crippen molar-refractivity contribution in [1.82, 2.24) is 19.7 Å². The van der Waals surface area contributed by atoms with Crippen molar-refractivity contribution < 1.29 is 9.59 Å². The van der Waals surface area contributed by atoms with Crippen LogP contribution < -0.4 is 5.73 Å². The summed E-state index contributed by atoms with van der Waals surface area (Å²) >= 11 is 0. The lowest BCUT2D eigenvalue weighted by molar-refractivity contribution is -0.125. The Labute approximate surface area is 127 Å². The minimum Gasteiger partial charge on any atom is -0.369 e. The van der Waals surface area contributed by atoms with Gasteiger partial charge in [-0.05, 0) is 32.0 Å². The van der Waals surface area contributed by atoms with Gasteiger partial charge in [0.2, 0.25) is 5.91 Å². The van der Waals surface area contributed by atoms with Gasteiger partial charge in [-0.15, -0.1) is 0 Å². The van der Waals surface area contributed by atoms with Gasteiger partial charge in [0.15, 0.2) is 5.82 Å². The van der Waals surface area contributed by atoms with Gasteiger partial charge in [0.1, 0.15) is 0 Å². The van der Waals surface area contributed by atoms with Crippen LogP contribution in [0.4, 0.5) is 0 Å². The first-order valence-electron chi connectivity index (χ1n) is 7.04. The van der Waals surface area contributed by atoms with Gasteiger partial charge in [-0.3, -0.25) is 9.59 Å². The van der Waals surface area contributed by atoms with E-state index in [-0.39, 0.29) is 17.7 Å². The van der Waals surface area contributed by atoms with Crippen LogP contribution in [0.5, 0.6) is 0 Å². The number of carbonyl (C=O) groups is 2. The van der Waals surface area contributed by atoms with Gasteiger partial charge in [-0.25, -0.2) is 9.67 Å². The monoisotopic (exact) mass is 299 g/mol. The highest BCUT2D eigenvalue weighted by atomic mass is 16.2. The van der Waals surface area contributed by atoms with Gasteiger partial charge >= 0.3 is 0 Å². The van der Waals surface area contributed by atoms with Gasteiger partial charge in [-0.1, -0.05) is 0 Å². The molecule has 114 valence electrons. The van der Waals surface area contributed by atoms with E-state index in [1.165, 1.54) is 6.20 Å². The highest BCUT2D eigenvalue weighted by molar-refractivity contribution is 5.95. The molecule has 0 saturated carbocycles. The fourth-order valence-corrected chi connectivity index (χ4v) is 2.51. The Morgan fingerprint density at radius 1 is 1.27 bits per heavy atom. The van der Waals surface area contributed by atoms with E-state index in [0.29, 0.717) is 24.5 Å². The molecule has 0 unspecified atom stereocenters. The number of rotatable bonds is 3. The molecule has 3 heterocycles. The standard InChI is InChI=1S/C15H17N5O2/c1-9-5-10(2)20(18-9)13-4-3-11(6-17-13)15(22)19-7-12(8-19)14(16)21/h3-6,12H,7-8H2,1-2H3,(H2,16,21). The molecular formula is C15H17N5O2. The number of aromatic nitrogens is 3. The molecule has 1 aliphatic rings. The number of amides is 2. The molecule has 3 rings (SSSR count). The largest absolute Gasteiger partial charge is 0.369 e. The van der Waals surface area contributed by atoms with Crippen molar-refractivity contribution in [2.24, 2.45) is 11.7 Å². The third kappa shape index (κ3) is 2.45. The zero-order valence-corrected chi connectivity index (χ0v) is 12.5. The average molecular weight is 299 g/mol. The molecule has 2 aromatic heterocycles. The zero-order chi connectivity index (χ0) is 15.9. The maximum atomic E-state index is 12.2. The second-order valence-electron chi connectivity index (χ2n) is 5.55. The van der Waals surface area contributed by atoms with E-state index in [1.54, 1.807) is 21.7 Å². The SMILES string of the molecule is Cc1cc(C)n(-c2ccc(C(=O)N3CC(C(N)=O)C3)cn2)n1. The summed E-state index contributed by atoms with van der Waals surface area (Å²) in [7, 11) is 0. The van der Waals surface area contributed by atoms with Crippen molar-refractivity contribution in [2.75, 3.05) is 13.1 Å². The maximum Gasteiger partial charge on any atom is 0.255 e. The highest BCUT2D eigenvalue weighted by Crippen LogP contribution is 2.18. The molecule has 2 N–H and O–H groups in total. The molecule has 1 aliphatic heterocycles. The molecule has 7 heteroatoms. The first-order chi connectivity index (χ1) is 10.5. The molecule has 0 aliphatic carbocycles. The van der Waals surface area contributed by atoms with Crippen molar-refractivity contribution >= 4 is 11.8 Å². The Kier molecular flexibility index (Phi) is 3.40. The summed E-state index contributed by atoms with van der Waals surface area (Å²) in [4.78, 5) is 29.1. The third-order valence-electron chi connectivity index (χ3n) is 3.79. The van der Waals surface area contributed by atoms with E-state index in [2.05, 4.69) is 10.1 Å². The summed E-state index contributed by atoms with van der Waals surface area (Å²) in [5.74, 6) is -0.0568. The Morgan fingerprint density at radius 2 is 2.00 bits per heavy atom. The number of aryl methyl sites for hydroxylation is 2. The molecule has 0 radical (unpaired) electrons. The van der Waals surface area contributed by atoms with E-state index in [0.717, 1.165) is 11.4 Å². The van der Waals surface area contributed by atoms with Crippen LogP contribution in [0.3, 0.4) is 0 Å². The van der Waals surface area contributed by atoms with Crippen LogP contribution in [0.25, 0.3) is 5.82 Å². The number of hydrogen-bond acceptors (Lipinski definition) is 4. The number of nitrogens with zero attached hydrogens (tertiary/aromatic N) is 4. The fourth-order valence-electron chi connectivity index (χ4n) is 2.51. The third-order valence-corrected chi connectivity index (χ3v) is 3.79. The van der Waals surface area contributed by atoms with E-state index in [1.807, 2.05) is 19.9 Å². The normalized spacial score (nSPS) is 14.7. The minimum absolute atomic E-state index is 0.134. The summed E-state index contributed by atoms with van der Waals surface area (Å²) < 4.78 is 1.73. The average Bonchev–Trinajstić information content (AvgIpc) is 2.75. The second-order valence-corrected chi connectivity index (χ2v) is 5.55. The Hall–Kier alpha value is -2.70. The van der Waals surface area contributed by atoms with E-state index in [9.17, 15) is 9.59 Å². The molecule has 7 nitrogen and oxygen atoms in total. The van der Waals surface area contributed by atoms with Crippen LogP contribution in [-0.4, -0.2) is 44.6 Å². The summed E-state index contributed by atoms with van der Waals surface area (Å²) in [6, 6.07) is 5.45. The van der Waals surface area contributed by atoms with Crippen LogP contribution in [-0.2, 0) is 4.79 Å². The number of likely N-dealkylation sites (tertiary alicyclic amines) is 1. The first kappa shape index (κ1) is 14.2. The van der Waals surface area contributed by atoms with Gasteiger partial charge in [0.05, 0.1) is 17.2 Å². The smallest absolute Gasteiger partial charge is 0.255 e. The van der Waals surface area contributed by atoms with E-state index < -0.39 is 0 Å². The van der Waals surface area contributed by atoms with Gasteiger partial charge in [0.25, 0.3) is 5.91 Å². The van der Waals surface area contributed by atoms with Gasteiger partial charge < -0.3 is 10.6 Å². The predicted molar refractivity (Wildman–Crippen MR) is 79.4 cm³/mol. The van der Waals surface area contributed by atoms with Crippen molar-refractivity contribution in [1.29, 1.82) is 0 Å². The van der Waals surface area contributed by atoms with Gasteiger partial charge in [-0.2, -0.15) is 5.10 Å². The summed E-state index contributed by atoms with van der Waals surface area (Å²) in [5.41, 5.74) is 7.59. The van der Waals surface area contributed by atoms with Gasteiger partial charge in [0, 0.05) is 25.0 Å². The van der Waals surface area contributed by atoms with Crippen molar-refractivity contribution in [3.05, 3.63) is 41.3 Å². The van der Waals surface area contributed by atoms with Crippen LogP contribution in [0.2, 0.25) is 0 Å². The molecule has 0 spiro atoms. The number of nitrogens with two attached hydrogens (primary N) is 1. The Morgan fingerprint density at radius 3 is 2.50 bits per heavy atom. The van der Waals surface area contributed by atoms with Crippen LogP contribution in [0, 0.1) is 19.8 Å². The fraction of sp³-hybridized carbons (Fsp3) is 0.333. The molecule has 0 aromatic carbocycles. The second kappa shape index (κ2) is 5.25. The van der Waals surface area contributed by atoms with Crippen molar-refractivity contribution in [3.8, 4) is 5.82 Å². The lowest BCUT2D eigenvalue weighted by Gasteiger charge is -2.37. The molecule has 0 bridgehead atoms. The minimum atomic E-state index is -0.359. The molecule has 0 atom stereocenters. The molecule has 1 fully saturated rings. The molecular weight excluding hydrogens is 282 g/mol. The summed E-state index contributed by atoms with van der Waals surface area (Å²) in [5, 5.41) is 4.35. The van der Waals surface area contributed by atoms with Crippen molar-refractivity contribution in [2.45, 2.75) is 13.8 Å². The van der Waals surface area contributed by atoms with Crippen molar-refractivity contribution in [3.63, 3.8) is 0 Å². The molecule has 22 heavy (non-hydrogen) atoms. The zero-order valence-electron chi connectivity index (χ0n) is 12.5. The lowest BCUT2D eigenvalue weighted by Crippen LogP contribution is -2.54. The molecule has 1 saturated heterocycles. The number of pyridine rings is 1. The first-order valence-corrected chi connectivity index (χ1v) is 7.04. The summed E-state index contributed by atoms with van der Waals surface area (Å²) in [6.45, 7) is 4.63. The Balaban J connectivity index is 1.73. The quantitative estimate of drug-likeness (QED) is 0.890. The topological polar surface area (TPSA) is 94.1 Å². The van der Waals surface area contributed by atoms with Crippen LogP contribution >= 0.6 is 0 Å². The maximum absolute atomic E-state index is 12.2. The predicted octanol–water partition coefficient (Wildman–Crippen LogP) is 0.441. The summed E-state index contributed by atoms with van der Waals surface area (Å²) in [6.07, 6.45) is 1.53. The molecule has 2 amide bonds. The number of hydrogen-bond donors (Lipinski definition) is 1. The number of primary amides is 1. The molecule has 2 aromatic rings. The van der Waals surface area contributed by atoms with E-state index in [4.69, 9.17) is 5.73 Å². The van der Waals surface area contributed by atoms with E-state index >= 15 is 0 Å². The Bertz CT molecular complexity index is 729.